The Balaban J connectivity index is 1.79. The molecule has 1 aromatic rings. The Morgan fingerprint density at radius 1 is 1.18 bits per heavy atom. The average Bonchev–Trinajstić information content (AvgIpc) is 2.52. The highest BCUT2D eigenvalue weighted by atomic mass is 32.2. The minimum atomic E-state index is -3.16. The van der Waals surface area contributed by atoms with E-state index in [2.05, 4.69) is 12.2 Å². The van der Waals surface area contributed by atoms with Crippen molar-refractivity contribution >= 4 is 16.1 Å². The van der Waals surface area contributed by atoms with E-state index < -0.39 is 10.0 Å². The van der Waals surface area contributed by atoms with Crippen LogP contribution in [-0.4, -0.2) is 62.6 Å². The lowest BCUT2D eigenvalue weighted by molar-refractivity contribution is 0.172. The molecule has 1 heterocycles. The van der Waals surface area contributed by atoms with Gasteiger partial charge in [0.1, 0.15) is 0 Å². The van der Waals surface area contributed by atoms with Gasteiger partial charge in [0.05, 0.1) is 6.26 Å². The molecule has 2 rings (SSSR count). The number of carbonyl (C=O) groups is 1. The molecule has 1 atom stereocenters. The van der Waals surface area contributed by atoms with Crippen molar-refractivity contribution < 1.29 is 13.2 Å². The fourth-order valence-electron chi connectivity index (χ4n) is 2.47. The zero-order valence-corrected chi connectivity index (χ0v) is 13.8. The van der Waals surface area contributed by atoms with Gasteiger partial charge in [0.2, 0.25) is 10.0 Å². The number of amides is 2. The third-order valence-corrected chi connectivity index (χ3v) is 5.23. The van der Waals surface area contributed by atoms with Crippen LogP contribution in [0.1, 0.15) is 18.4 Å². The number of nitrogens with zero attached hydrogens (tertiary/aromatic N) is 2. The van der Waals surface area contributed by atoms with E-state index in [-0.39, 0.29) is 11.9 Å². The summed E-state index contributed by atoms with van der Waals surface area (Å²) in [6, 6.07) is 9.89. The van der Waals surface area contributed by atoms with Gasteiger partial charge >= 0.3 is 6.03 Å². The van der Waals surface area contributed by atoms with Crippen LogP contribution in [0.15, 0.2) is 30.3 Å². The Morgan fingerprint density at radius 2 is 1.77 bits per heavy atom. The topological polar surface area (TPSA) is 69.7 Å². The molecule has 0 bridgehead atoms. The molecule has 1 N–H and O–H groups in total. The first kappa shape index (κ1) is 16.8. The first-order valence-electron chi connectivity index (χ1n) is 7.41. The summed E-state index contributed by atoms with van der Waals surface area (Å²) in [7, 11) is -3.16. The summed E-state index contributed by atoms with van der Waals surface area (Å²) < 4.78 is 24.3. The number of rotatable bonds is 4. The van der Waals surface area contributed by atoms with Gasteiger partial charge in [-0.2, -0.15) is 4.31 Å². The number of nitrogens with one attached hydrogen (secondary N) is 1. The van der Waals surface area contributed by atoms with Crippen molar-refractivity contribution in [3.8, 4) is 0 Å². The van der Waals surface area contributed by atoms with Crippen LogP contribution in [0.2, 0.25) is 0 Å². The van der Waals surface area contributed by atoms with Gasteiger partial charge in [-0.3, -0.25) is 0 Å². The van der Waals surface area contributed by atoms with Crippen LogP contribution in [-0.2, 0) is 10.0 Å². The predicted molar refractivity (Wildman–Crippen MR) is 86.2 cm³/mol. The van der Waals surface area contributed by atoms with Crippen LogP contribution in [0, 0.1) is 0 Å². The zero-order valence-electron chi connectivity index (χ0n) is 13.0. The number of carbonyl (C=O) groups excluding carboxylic acids is 1. The molecule has 2 amide bonds. The summed E-state index contributed by atoms with van der Waals surface area (Å²) >= 11 is 0. The van der Waals surface area contributed by atoms with Gasteiger partial charge in [0.15, 0.2) is 0 Å². The van der Waals surface area contributed by atoms with E-state index in [0.29, 0.717) is 32.7 Å². The van der Waals surface area contributed by atoms with Gasteiger partial charge in [-0.05, 0) is 11.5 Å². The summed E-state index contributed by atoms with van der Waals surface area (Å²) in [6.07, 6.45) is 1.20. The highest BCUT2D eigenvalue weighted by Crippen LogP contribution is 2.13. The molecule has 1 aromatic carbocycles. The quantitative estimate of drug-likeness (QED) is 0.900. The molecule has 22 heavy (non-hydrogen) atoms. The van der Waals surface area contributed by atoms with Crippen LogP contribution in [0.25, 0.3) is 0 Å². The molecule has 0 radical (unpaired) electrons. The summed E-state index contributed by atoms with van der Waals surface area (Å²) in [6.45, 7) is 4.21. The molecule has 0 aromatic heterocycles. The average molecular weight is 325 g/mol. The Kier molecular flexibility index (Phi) is 5.42. The molecular formula is C15H23N3O3S. The summed E-state index contributed by atoms with van der Waals surface area (Å²) in [5.74, 6) is 0.238. The van der Waals surface area contributed by atoms with Gasteiger partial charge in [-0.1, -0.05) is 37.3 Å². The van der Waals surface area contributed by atoms with E-state index >= 15 is 0 Å². The second-order valence-corrected chi connectivity index (χ2v) is 7.63. The summed E-state index contributed by atoms with van der Waals surface area (Å²) in [4.78, 5) is 13.8. The summed E-state index contributed by atoms with van der Waals surface area (Å²) in [5.41, 5.74) is 1.18. The smallest absolute Gasteiger partial charge is 0.317 e. The highest BCUT2D eigenvalue weighted by Gasteiger charge is 2.25. The van der Waals surface area contributed by atoms with Crippen molar-refractivity contribution in [1.29, 1.82) is 0 Å². The van der Waals surface area contributed by atoms with Crippen molar-refractivity contribution in [2.75, 3.05) is 39.0 Å². The molecule has 1 fully saturated rings. The van der Waals surface area contributed by atoms with Crippen molar-refractivity contribution in [2.45, 2.75) is 12.8 Å². The van der Waals surface area contributed by atoms with E-state index in [0.717, 1.165) is 0 Å². The SMILES string of the molecule is C[C@@H](CNC(=O)N1CCN(S(C)(=O)=O)CC1)c1ccccc1. The third-order valence-electron chi connectivity index (χ3n) is 3.92. The molecule has 0 aliphatic carbocycles. The van der Waals surface area contributed by atoms with Crippen molar-refractivity contribution in [1.82, 2.24) is 14.5 Å². The number of piperazine rings is 1. The van der Waals surface area contributed by atoms with E-state index in [1.54, 1.807) is 4.90 Å². The van der Waals surface area contributed by atoms with E-state index in [9.17, 15) is 13.2 Å². The maximum atomic E-state index is 12.1. The molecule has 122 valence electrons. The van der Waals surface area contributed by atoms with Gasteiger partial charge in [-0.15, -0.1) is 0 Å². The van der Waals surface area contributed by atoms with Gasteiger partial charge in [-0.25, -0.2) is 13.2 Å². The lowest BCUT2D eigenvalue weighted by Gasteiger charge is -2.33. The van der Waals surface area contributed by atoms with E-state index in [1.165, 1.54) is 16.1 Å². The van der Waals surface area contributed by atoms with Crippen molar-refractivity contribution in [3.63, 3.8) is 0 Å². The molecule has 0 spiro atoms. The van der Waals surface area contributed by atoms with Gasteiger partial charge < -0.3 is 10.2 Å². The van der Waals surface area contributed by atoms with Crippen LogP contribution < -0.4 is 5.32 Å². The molecule has 1 aliphatic heterocycles. The Hall–Kier alpha value is -1.60. The molecule has 7 heteroatoms. The predicted octanol–water partition coefficient (Wildman–Crippen LogP) is 1.08. The molecule has 0 saturated carbocycles. The fraction of sp³-hybridized carbons (Fsp3) is 0.533. The van der Waals surface area contributed by atoms with Crippen LogP contribution in [0.4, 0.5) is 4.79 Å². The number of urea groups is 1. The fourth-order valence-corrected chi connectivity index (χ4v) is 3.30. The molecule has 1 aliphatic rings. The normalized spacial score (nSPS) is 18.0. The van der Waals surface area contributed by atoms with Crippen LogP contribution in [0.5, 0.6) is 0 Å². The zero-order chi connectivity index (χ0) is 16.2. The molecule has 0 unspecified atom stereocenters. The minimum absolute atomic E-state index is 0.129. The van der Waals surface area contributed by atoms with Crippen molar-refractivity contribution in [2.24, 2.45) is 0 Å². The standard InChI is InChI=1S/C15H23N3O3S/c1-13(14-6-4-3-5-7-14)12-16-15(19)17-8-10-18(11-9-17)22(2,20)21/h3-7,13H,8-12H2,1-2H3,(H,16,19)/t13-/m0/s1. The molecular weight excluding hydrogens is 302 g/mol. The summed E-state index contributed by atoms with van der Waals surface area (Å²) in [5, 5.41) is 2.92. The number of benzene rings is 1. The van der Waals surface area contributed by atoms with Gasteiger partial charge in [0.25, 0.3) is 0 Å². The minimum Gasteiger partial charge on any atom is -0.337 e. The first-order valence-corrected chi connectivity index (χ1v) is 9.25. The lowest BCUT2D eigenvalue weighted by atomic mass is 10.0. The molecule has 1 saturated heterocycles. The first-order chi connectivity index (χ1) is 10.4. The Labute approximate surface area is 132 Å². The van der Waals surface area contributed by atoms with E-state index in [4.69, 9.17) is 0 Å². The van der Waals surface area contributed by atoms with E-state index in [1.807, 2.05) is 30.3 Å². The highest BCUT2D eigenvalue weighted by molar-refractivity contribution is 7.88. The molecule has 6 nitrogen and oxygen atoms in total. The second-order valence-electron chi connectivity index (χ2n) is 5.65. The van der Waals surface area contributed by atoms with Crippen molar-refractivity contribution in [3.05, 3.63) is 35.9 Å². The maximum absolute atomic E-state index is 12.1. The Morgan fingerprint density at radius 3 is 2.32 bits per heavy atom. The number of sulfonamides is 1. The Bertz CT molecular complexity index is 596. The lowest BCUT2D eigenvalue weighted by Crippen LogP contribution is -2.53. The number of hydrogen-bond acceptors (Lipinski definition) is 3. The maximum Gasteiger partial charge on any atom is 0.317 e. The number of hydrogen-bond donors (Lipinski definition) is 1. The van der Waals surface area contributed by atoms with Gasteiger partial charge in [0, 0.05) is 32.7 Å². The van der Waals surface area contributed by atoms with Crippen LogP contribution in [0.3, 0.4) is 0 Å². The largest absolute Gasteiger partial charge is 0.337 e. The monoisotopic (exact) mass is 325 g/mol. The third kappa shape index (κ3) is 4.45. The second kappa shape index (κ2) is 7.11. The van der Waals surface area contributed by atoms with Crippen LogP contribution >= 0.6 is 0 Å².